The highest BCUT2D eigenvalue weighted by Crippen LogP contribution is 2.37. The minimum Gasteiger partial charge on any atom is -0.388 e. The minimum absolute atomic E-state index is 0.0689. The van der Waals surface area contributed by atoms with E-state index in [2.05, 4.69) is 6.92 Å². The van der Waals surface area contributed by atoms with Gasteiger partial charge in [-0.3, -0.25) is 0 Å². The molecule has 1 aliphatic rings. The Morgan fingerprint density at radius 3 is 2.28 bits per heavy atom. The van der Waals surface area contributed by atoms with Crippen LogP contribution in [-0.2, 0) is 0 Å². The molecule has 2 rings (SSSR count). The molecule has 0 aromatic heterocycles. The van der Waals surface area contributed by atoms with E-state index < -0.39 is 23.6 Å². The minimum atomic E-state index is -1.50. The zero-order valence-corrected chi connectivity index (χ0v) is 10.3. The molecule has 1 fully saturated rings. The van der Waals surface area contributed by atoms with Crippen LogP contribution in [0.15, 0.2) is 12.1 Å². The molecular weight excluding hydrogens is 241 g/mol. The maximum Gasteiger partial charge on any atom is 0.194 e. The zero-order chi connectivity index (χ0) is 13.3. The summed E-state index contributed by atoms with van der Waals surface area (Å²) < 4.78 is 39.5. The first kappa shape index (κ1) is 13.4. The Bertz CT molecular complexity index is 425. The molecule has 1 aliphatic carbocycles. The first-order valence-electron chi connectivity index (χ1n) is 6.32. The highest BCUT2D eigenvalue weighted by molar-refractivity contribution is 5.23. The van der Waals surface area contributed by atoms with Crippen molar-refractivity contribution in [1.29, 1.82) is 0 Å². The number of hydrogen-bond donors (Lipinski definition) is 1. The Morgan fingerprint density at radius 1 is 1.06 bits per heavy atom. The molecule has 1 nitrogen and oxygen atoms in total. The lowest BCUT2D eigenvalue weighted by atomic mass is 9.78. The molecule has 1 unspecified atom stereocenters. The molecular formula is C14H17F3O. The lowest BCUT2D eigenvalue weighted by molar-refractivity contribution is 0.0718. The average Bonchev–Trinajstić information content (AvgIpc) is 2.36. The van der Waals surface area contributed by atoms with Crippen molar-refractivity contribution in [2.24, 2.45) is 11.8 Å². The van der Waals surface area contributed by atoms with Crippen LogP contribution < -0.4 is 0 Å². The molecule has 4 heteroatoms. The van der Waals surface area contributed by atoms with Crippen molar-refractivity contribution in [3.63, 3.8) is 0 Å². The molecule has 1 aromatic carbocycles. The summed E-state index contributed by atoms with van der Waals surface area (Å²) in [5.74, 6) is -3.44. The third-order valence-corrected chi connectivity index (χ3v) is 3.89. The maximum absolute atomic E-state index is 13.6. The molecule has 1 N–H and O–H groups in total. The van der Waals surface area contributed by atoms with Crippen LogP contribution in [0.3, 0.4) is 0 Å². The summed E-state index contributed by atoms with van der Waals surface area (Å²) in [4.78, 5) is 0. The Labute approximate surface area is 105 Å². The summed E-state index contributed by atoms with van der Waals surface area (Å²) >= 11 is 0. The van der Waals surface area contributed by atoms with Crippen molar-refractivity contribution >= 4 is 0 Å². The average molecular weight is 258 g/mol. The number of aliphatic hydroxyl groups is 1. The molecule has 0 amide bonds. The van der Waals surface area contributed by atoms with Gasteiger partial charge in [-0.1, -0.05) is 25.8 Å². The van der Waals surface area contributed by atoms with E-state index in [1.807, 2.05) is 0 Å². The topological polar surface area (TPSA) is 20.2 Å². The van der Waals surface area contributed by atoms with Crippen molar-refractivity contribution in [2.75, 3.05) is 0 Å². The number of rotatable bonds is 2. The highest BCUT2D eigenvalue weighted by atomic mass is 19.2. The van der Waals surface area contributed by atoms with Gasteiger partial charge < -0.3 is 5.11 Å². The van der Waals surface area contributed by atoms with Gasteiger partial charge in [0.25, 0.3) is 0 Å². The lowest BCUT2D eigenvalue weighted by Gasteiger charge is -2.30. The molecule has 1 atom stereocenters. The van der Waals surface area contributed by atoms with Crippen LogP contribution >= 0.6 is 0 Å². The van der Waals surface area contributed by atoms with Gasteiger partial charge in [-0.2, -0.15) is 0 Å². The van der Waals surface area contributed by atoms with Gasteiger partial charge in [0.15, 0.2) is 17.5 Å². The zero-order valence-electron chi connectivity index (χ0n) is 10.3. The predicted octanol–water partition coefficient (Wildman–Crippen LogP) is 3.96. The van der Waals surface area contributed by atoms with Gasteiger partial charge in [0, 0.05) is 5.56 Å². The molecule has 100 valence electrons. The Morgan fingerprint density at radius 2 is 1.67 bits per heavy atom. The number of aliphatic hydroxyl groups excluding tert-OH is 1. The Kier molecular flexibility index (Phi) is 3.95. The number of halogens is 3. The predicted molar refractivity (Wildman–Crippen MR) is 62.4 cm³/mol. The van der Waals surface area contributed by atoms with Gasteiger partial charge in [0.2, 0.25) is 0 Å². The second kappa shape index (κ2) is 5.31. The Balaban J connectivity index is 2.18. The van der Waals surface area contributed by atoms with E-state index in [9.17, 15) is 18.3 Å². The Hall–Kier alpha value is -1.03. The molecule has 0 aliphatic heterocycles. The van der Waals surface area contributed by atoms with E-state index in [-0.39, 0.29) is 11.5 Å². The molecule has 0 radical (unpaired) electrons. The second-order valence-corrected chi connectivity index (χ2v) is 5.23. The van der Waals surface area contributed by atoms with Crippen molar-refractivity contribution < 1.29 is 18.3 Å². The van der Waals surface area contributed by atoms with Crippen molar-refractivity contribution in [3.8, 4) is 0 Å². The van der Waals surface area contributed by atoms with E-state index in [4.69, 9.17) is 0 Å². The fourth-order valence-corrected chi connectivity index (χ4v) is 2.62. The smallest absolute Gasteiger partial charge is 0.194 e. The largest absolute Gasteiger partial charge is 0.388 e. The van der Waals surface area contributed by atoms with Crippen LogP contribution in [0.5, 0.6) is 0 Å². The summed E-state index contributed by atoms with van der Waals surface area (Å²) in [6.45, 7) is 2.14. The molecule has 18 heavy (non-hydrogen) atoms. The third kappa shape index (κ3) is 2.53. The van der Waals surface area contributed by atoms with Crippen LogP contribution in [0.1, 0.15) is 44.3 Å². The van der Waals surface area contributed by atoms with E-state index in [1.165, 1.54) is 0 Å². The maximum atomic E-state index is 13.6. The van der Waals surface area contributed by atoms with Gasteiger partial charge in [-0.05, 0) is 30.7 Å². The quantitative estimate of drug-likeness (QED) is 0.796. The molecule has 0 spiro atoms. The van der Waals surface area contributed by atoms with Gasteiger partial charge in [-0.25, -0.2) is 13.2 Å². The standard InChI is InChI=1S/C14H17F3O/c1-8-2-4-9(5-3-8)14(18)10-6-7-11(15)13(17)12(10)16/h6-9,14,18H,2-5H2,1H3. The molecule has 0 saturated heterocycles. The summed E-state index contributed by atoms with van der Waals surface area (Å²) in [7, 11) is 0. The van der Waals surface area contributed by atoms with E-state index in [1.54, 1.807) is 0 Å². The van der Waals surface area contributed by atoms with Gasteiger partial charge >= 0.3 is 0 Å². The van der Waals surface area contributed by atoms with Crippen LogP contribution in [0, 0.1) is 29.3 Å². The summed E-state index contributed by atoms with van der Waals surface area (Å²) in [6, 6.07) is 2.00. The van der Waals surface area contributed by atoms with Crippen molar-refractivity contribution in [2.45, 2.75) is 38.7 Å². The highest BCUT2D eigenvalue weighted by Gasteiger charge is 2.29. The van der Waals surface area contributed by atoms with Gasteiger partial charge in [0.1, 0.15) is 0 Å². The van der Waals surface area contributed by atoms with Crippen LogP contribution in [0.25, 0.3) is 0 Å². The molecule has 0 bridgehead atoms. The number of hydrogen-bond acceptors (Lipinski definition) is 1. The van der Waals surface area contributed by atoms with E-state index in [0.29, 0.717) is 5.92 Å². The van der Waals surface area contributed by atoms with Crippen LogP contribution in [0.2, 0.25) is 0 Å². The molecule has 0 heterocycles. The number of benzene rings is 1. The summed E-state index contributed by atoms with van der Waals surface area (Å²) in [6.07, 6.45) is 2.49. The van der Waals surface area contributed by atoms with Crippen LogP contribution in [0.4, 0.5) is 13.2 Å². The van der Waals surface area contributed by atoms with Gasteiger partial charge in [-0.15, -0.1) is 0 Å². The normalized spacial score (nSPS) is 26.1. The van der Waals surface area contributed by atoms with Crippen molar-refractivity contribution in [1.82, 2.24) is 0 Å². The monoisotopic (exact) mass is 258 g/mol. The van der Waals surface area contributed by atoms with E-state index >= 15 is 0 Å². The fourth-order valence-electron chi connectivity index (χ4n) is 2.62. The second-order valence-electron chi connectivity index (χ2n) is 5.23. The first-order chi connectivity index (χ1) is 8.50. The van der Waals surface area contributed by atoms with Gasteiger partial charge in [0.05, 0.1) is 6.10 Å². The van der Waals surface area contributed by atoms with Crippen LogP contribution in [-0.4, -0.2) is 5.11 Å². The molecule has 1 saturated carbocycles. The first-order valence-corrected chi connectivity index (χ1v) is 6.32. The molecule has 1 aromatic rings. The third-order valence-electron chi connectivity index (χ3n) is 3.89. The SMILES string of the molecule is CC1CCC(C(O)c2ccc(F)c(F)c2F)CC1. The van der Waals surface area contributed by atoms with Crippen molar-refractivity contribution in [3.05, 3.63) is 35.1 Å². The summed E-state index contributed by atoms with van der Waals surface area (Å²) in [5.41, 5.74) is -0.131. The van der Waals surface area contributed by atoms with E-state index in [0.717, 1.165) is 37.8 Å². The summed E-state index contributed by atoms with van der Waals surface area (Å²) in [5, 5.41) is 10.1. The fraction of sp³-hybridized carbons (Fsp3) is 0.571. The lowest BCUT2D eigenvalue weighted by Crippen LogP contribution is -2.20.